The molecule has 0 bridgehead atoms. The molecule has 1 aromatic rings. The predicted molar refractivity (Wildman–Crippen MR) is 115 cm³/mol. The second-order valence-electron chi connectivity index (χ2n) is 6.75. The van der Waals surface area contributed by atoms with Crippen LogP contribution in [0.1, 0.15) is 38.5 Å². The molecule has 2 aliphatic rings. The van der Waals surface area contributed by atoms with Crippen molar-refractivity contribution in [3.05, 3.63) is 18.5 Å². The Labute approximate surface area is 173 Å². The molecule has 2 fully saturated rings. The number of hydrogen-bond donors (Lipinski definition) is 1. The summed E-state index contributed by atoms with van der Waals surface area (Å²) in [6, 6.07) is 1.83. The van der Waals surface area contributed by atoms with Gasteiger partial charge in [0.15, 0.2) is 5.96 Å². The minimum atomic E-state index is 0. The summed E-state index contributed by atoms with van der Waals surface area (Å²) in [4.78, 5) is 17.4. The molecule has 0 atom stereocenters. The normalized spacial score (nSPS) is 19.8. The fourth-order valence-electron chi connectivity index (χ4n) is 3.48. The third-order valence-corrected chi connectivity index (χ3v) is 4.96. The molecule has 0 aromatic carbocycles. The molecule has 26 heavy (non-hydrogen) atoms. The van der Waals surface area contributed by atoms with E-state index in [1.807, 2.05) is 6.07 Å². The Kier molecular flexibility index (Phi) is 9.38. The lowest BCUT2D eigenvalue weighted by Crippen LogP contribution is -2.51. The first-order valence-corrected chi connectivity index (χ1v) is 9.51. The van der Waals surface area contributed by atoms with Crippen molar-refractivity contribution in [1.29, 1.82) is 0 Å². The van der Waals surface area contributed by atoms with Crippen molar-refractivity contribution in [1.82, 2.24) is 14.9 Å². The van der Waals surface area contributed by atoms with Crippen LogP contribution in [0.15, 0.2) is 23.5 Å². The van der Waals surface area contributed by atoms with Gasteiger partial charge in [-0.3, -0.25) is 4.99 Å². The first-order valence-electron chi connectivity index (χ1n) is 9.51. The van der Waals surface area contributed by atoms with E-state index < -0.39 is 0 Å². The Morgan fingerprint density at radius 2 is 1.73 bits per heavy atom. The Morgan fingerprint density at radius 1 is 1.08 bits per heavy atom. The summed E-state index contributed by atoms with van der Waals surface area (Å²) in [5.74, 6) is 1.41. The summed E-state index contributed by atoms with van der Waals surface area (Å²) < 4.78 is 5.97. The van der Waals surface area contributed by atoms with Gasteiger partial charge in [0.2, 0.25) is 5.95 Å². The maximum Gasteiger partial charge on any atom is 0.225 e. The molecule has 0 amide bonds. The number of halogens is 1. The van der Waals surface area contributed by atoms with Crippen LogP contribution >= 0.6 is 24.0 Å². The number of aliphatic imine (C=N–C) groups is 1. The predicted octanol–water partition coefficient (Wildman–Crippen LogP) is 2.27. The van der Waals surface area contributed by atoms with Gasteiger partial charge in [0, 0.05) is 38.6 Å². The molecule has 1 aliphatic carbocycles. The van der Waals surface area contributed by atoms with E-state index in [2.05, 4.69) is 24.8 Å². The van der Waals surface area contributed by atoms with E-state index >= 15 is 0 Å². The van der Waals surface area contributed by atoms with Crippen molar-refractivity contribution in [3.8, 4) is 0 Å². The number of rotatable bonds is 5. The molecule has 0 spiro atoms. The highest BCUT2D eigenvalue weighted by atomic mass is 127. The smallest absolute Gasteiger partial charge is 0.225 e. The quantitative estimate of drug-likeness (QED) is 0.232. The number of nitrogens with zero attached hydrogens (tertiary/aromatic N) is 5. The Morgan fingerprint density at radius 3 is 2.38 bits per heavy atom. The van der Waals surface area contributed by atoms with E-state index in [1.165, 1.54) is 38.5 Å². The summed E-state index contributed by atoms with van der Waals surface area (Å²) in [5, 5.41) is 0. The molecule has 146 valence electrons. The zero-order chi connectivity index (χ0) is 17.3. The monoisotopic (exact) mass is 474 g/mol. The van der Waals surface area contributed by atoms with Gasteiger partial charge < -0.3 is 20.3 Å². The van der Waals surface area contributed by atoms with E-state index in [1.54, 1.807) is 12.4 Å². The second kappa shape index (κ2) is 11.5. The van der Waals surface area contributed by atoms with E-state index in [0.29, 0.717) is 25.2 Å². The van der Waals surface area contributed by atoms with E-state index in [0.717, 1.165) is 32.1 Å². The zero-order valence-corrected chi connectivity index (χ0v) is 17.8. The van der Waals surface area contributed by atoms with Crippen molar-refractivity contribution < 1.29 is 4.74 Å². The zero-order valence-electron chi connectivity index (χ0n) is 15.4. The Bertz CT molecular complexity index is 528. The topological polar surface area (TPSA) is 79.9 Å². The fraction of sp³-hybridized carbons (Fsp3) is 0.722. The average Bonchev–Trinajstić information content (AvgIpc) is 2.95. The summed E-state index contributed by atoms with van der Waals surface area (Å²) in [6.45, 7) is 4.72. The standard InChI is InChI=1S/C18H30N6O.HI/c19-17(20-10-15-25-16-6-3-1-2-4-7-16)23-11-13-24(14-12-23)18-21-8-5-9-22-18;/h5,8-9,16H,1-4,6-7,10-15H2,(H2,19,20);1H. The van der Waals surface area contributed by atoms with E-state index in [4.69, 9.17) is 10.5 Å². The molecular weight excluding hydrogens is 443 g/mol. The van der Waals surface area contributed by atoms with E-state index in [-0.39, 0.29) is 24.0 Å². The van der Waals surface area contributed by atoms with Crippen LogP contribution in [-0.4, -0.2) is 66.3 Å². The molecular formula is C18H31IN6O. The lowest BCUT2D eigenvalue weighted by atomic mass is 10.1. The average molecular weight is 474 g/mol. The van der Waals surface area contributed by atoms with Crippen LogP contribution in [0.25, 0.3) is 0 Å². The number of piperazine rings is 1. The van der Waals surface area contributed by atoms with Crippen molar-refractivity contribution in [2.75, 3.05) is 44.2 Å². The Balaban J connectivity index is 0.00000243. The largest absolute Gasteiger partial charge is 0.376 e. The van der Waals surface area contributed by atoms with Gasteiger partial charge in [-0.2, -0.15) is 0 Å². The summed E-state index contributed by atoms with van der Waals surface area (Å²) in [6.07, 6.45) is 11.7. The molecule has 8 heteroatoms. The summed E-state index contributed by atoms with van der Waals surface area (Å²) in [5.41, 5.74) is 6.15. The Hall–Kier alpha value is -1.16. The molecule has 1 saturated carbocycles. The van der Waals surface area contributed by atoms with Crippen molar-refractivity contribution in [2.45, 2.75) is 44.6 Å². The molecule has 7 nitrogen and oxygen atoms in total. The van der Waals surface area contributed by atoms with Crippen LogP contribution in [0.2, 0.25) is 0 Å². The molecule has 0 unspecified atom stereocenters. The SMILES string of the molecule is I.NC(=NCCOC1CCCCCC1)N1CCN(c2ncccn2)CC1. The second-order valence-corrected chi connectivity index (χ2v) is 6.75. The maximum atomic E-state index is 6.15. The van der Waals surface area contributed by atoms with E-state index in [9.17, 15) is 0 Å². The minimum absolute atomic E-state index is 0. The molecule has 3 rings (SSSR count). The van der Waals surface area contributed by atoms with Crippen molar-refractivity contribution in [3.63, 3.8) is 0 Å². The van der Waals surface area contributed by atoms with Gasteiger partial charge in [-0.1, -0.05) is 25.7 Å². The van der Waals surface area contributed by atoms with Crippen LogP contribution in [0, 0.1) is 0 Å². The van der Waals surface area contributed by atoms with Gasteiger partial charge in [-0.15, -0.1) is 24.0 Å². The number of anilines is 1. The van der Waals surface area contributed by atoms with Crippen LogP contribution in [0.5, 0.6) is 0 Å². The van der Waals surface area contributed by atoms with Gasteiger partial charge >= 0.3 is 0 Å². The maximum absolute atomic E-state index is 6.15. The van der Waals surface area contributed by atoms with Crippen LogP contribution in [0.3, 0.4) is 0 Å². The number of nitrogens with two attached hydrogens (primary N) is 1. The van der Waals surface area contributed by atoms with Gasteiger partial charge in [-0.25, -0.2) is 9.97 Å². The van der Waals surface area contributed by atoms with Crippen molar-refractivity contribution in [2.24, 2.45) is 10.7 Å². The van der Waals surface area contributed by atoms with Crippen molar-refractivity contribution >= 4 is 35.9 Å². The van der Waals surface area contributed by atoms with Gasteiger partial charge in [0.1, 0.15) is 0 Å². The molecule has 1 saturated heterocycles. The number of ether oxygens (including phenoxy) is 1. The third-order valence-electron chi connectivity index (χ3n) is 4.96. The highest BCUT2D eigenvalue weighted by Crippen LogP contribution is 2.19. The lowest BCUT2D eigenvalue weighted by Gasteiger charge is -2.35. The van der Waals surface area contributed by atoms with Crippen LogP contribution < -0.4 is 10.6 Å². The van der Waals surface area contributed by atoms with Crippen LogP contribution in [-0.2, 0) is 4.74 Å². The fourth-order valence-corrected chi connectivity index (χ4v) is 3.48. The summed E-state index contributed by atoms with van der Waals surface area (Å²) >= 11 is 0. The first-order chi connectivity index (χ1) is 12.3. The number of aromatic nitrogens is 2. The summed E-state index contributed by atoms with van der Waals surface area (Å²) in [7, 11) is 0. The van der Waals surface area contributed by atoms with Crippen LogP contribution in [0.4, 0.5) is 5.95 Å². The highest BCUT2D eigenvalue weighted by Gasteiger charge is 2.19. The molecule has 0 radical (unpaired) electrons. The highest BCUT2D eigenvalue weighted by molar-refractivity contribution is 14.0. The van der Waals surface area contributed by atoms with Gasteiger partial charge in [0.05, 0.1) is 19.3 Å². The first kappa shape index (κ1) is 21.1. The molecule has 2 heterocycles. The van der Waals surface area contributed by atoms with Gasteiger partial charge in [-0.05, 0) is 18.9 Å². The molecule has 1 aromatic heterocycles. The lowest BCUT2D eigenvalue weighted by molar-refractivity contribution is 0.0486. The number of hydrogen-bond acceptors (Lipinski definition) is 5. The van der Waals surface area contributed by atoms with Gasteiger partial charge in [0.25, 0.3) is 0 Å². The minimum Gasteiger partial charge on any atom is -0.376 e. The third kappa shape index (κ3) is 6.53. The number of guanidine groups is 1. The molecule has 1 aliphatic heterocycles. The molecule has 2 N–H and O–H groups in total.